The largest absolute Gasteiger partial charge is 0.494 e. The van der Waals surface area contributed by atoms with Gasteiger partial charge in [-0.2, -0.15) is 0 Å². The lowest BCUT2D eigenvalue weighted by molar-refractivity contribution is -0.131. The summed E-state index contributed by atoms with van der Waals surface area (Å²) in [5.74, 6) is 0.714. The zero-order valence-corrected chi connectivity index (χ0v) is 17.2. The van der Waals surface area contributed by atoms with Crippen molar-refractivity contribution in [1.29, 1.82) is 0 Å². The summed E-state index contributed by atoms with van der Waals surface area (Å²) in [4.78, 5) is 14.4. The number of hydrogen-bond donors (Lipinski definition) is 1. The molecule has 2 aromatic carbocycles. The molecule has 0 atom stereocenters. The molecule has 1 amide bonds. The number of sulfonamides is 1. The Morgan fingerprint density at radius 1 is 1.21 bits per heavy atom. The van der Waals surface area contributed by atoms with Gasteiger partial charge in [-0.1, -0.05) is 23.7 Å². The lowest BCUT2D eigenvalue weighted by Crippen LogP contribution is -2.38. The highest BCUT2D eigenvalue weighted by Crippen LogP contribution is 2.24. The van der Waals surface area contributed by atoms with E-state index in [0.29, 0.717) is 24.7 Å². The normalized spacial score (nSPS) is 13.9. The second-order valence-corrected chi connectivity index (χ2v) is 8.74. The fourth-order valence-electron chi connectivity index (χ4n) is 3.17. The number of carbonyl (C=O) groups is 1. The van der Waals surface area contributed by atoms with Crippen LogP contribution in [0.15, 0.2) is 47.4 Å². The van der Waals surface area contributed by atoms with Crippen molar-refractivity contribution in [2.45, 2.75) is 31.2 Å². The van der Waals surface area contributed by atoms with Crippen LogP contribution >= 0.6 is 11.6 Å². The summed E-state index contributed by atoms with van der Waals surface area (Å²) in [6.07, 6.45) is 0.877. The molecule has 150 valence electrons. The Morgan fingerprint density at radius 2 is 2.04 bits per heavy atom. The van der Waals surface area contributed by atoms with Crippen molar-refractivity contribution in [2.24, 2.45) is 0 Å². The lowest BCUT2D eigenvalue weighted by atomic mass is 9.99. The first kappa shape index (κ1) is 20.6. The van der Waals surface area contributed by atoms with E-state index in [1.807, 2.05) is 25.1 Å². The number of carbonyl (C=O) groups excluding carboxylic acids is 1. The Kier molecular flexibility index (Phi) is 6.59. The molecule has 0 saturated heterocycles. The molecule has 0 fully saturated rings. The van der Waals surface area contributed by atoms with Gasteiger partial charge in [-0.05, 0) is 54.8 Å². The van der Waals surface area contributed by atoms with Crippen molar-refractivity contribution >= 4 is 27.5 Å². The van der Waals surface area contributed by atoms with Gasteiger partial charge < -0.3 is 9.64 Å². The third-order valence-electron chi connectivity index (χ3n) is 4.59. The van der Waals surface area contributed by atoms with Crippen LogP contribution < -0.4 is 9.46 Å². The third-order valence-corrected chi connectivity index (χ3v) is 6.28. The van der Waals surface area contributed by atoms with Crippen LogP contribution in [0.2, 0.25) is 5.02 Å². The van der Waals surface area contributed by atoms with E-state index in [9.17, 15) is 13.2 Å². The summed E-state index contributed by atoms with van der Waals surface area (Å²) in [7, 11) is -3.69. The number of amides is 1. The summed E-state index contributed by atoms with van der Waals surface area (Å²) < 4.78 is 32.6. The van der Waals surface area contributed by atoms with Crippen LogP contribution in [0.25, 0.3) is 0 Å². The van der Waals surface area contributed by atoms with Crippen LogP contribution in [0, 0.1) is 0 Å². The van der Waals surface area contributed by atoms with Crippen LogP contribution in [0.1, 0.15) is 24.5 Å². The molecule has 3 rings (SSSR count). The Labute approximate surface area is 170 Å². The molecule has 0 spiro atoms. The predicted octanol–water partition coefficient (Wildman–Crippen LogP) is 2.99. The van der Waals surface area contributed by atoms with Crippen molar-refractivity contribution < 1.29 is 17.9 Å². The number of nitrogens with zero attached hydrogens (tertiary/aromatic N) is 1. The zero-order chi connectivity index (χ0) is 20.1. The Balaban J connectivity index is 1.56. The van der Waals surface area contributed by atoms with Crippen molar-refractivity contribution in [3.05, 3.63) is 58.6 Å². The number of rotatable bonds is 7. The molecule has 0 unspecified atom stereocenters. The van der Waals surface area contributed by atoms with Crippen molar-refractivity contribution in [3.8, 4) is 5.75 Å². The topological polar surface area (TPSA) is 75.7 Å². The maximum absolute atomic E-state index is 12.5. The average Bonchev–Trinajstić information content (AvgIpc) is 2.67. The molecule has 1 aliphatic heterocycles. The molecule has 0 bridgehead atoms. The third kappa shape index (κ3) is 5.04. The summed E-state index contributed by atoms with van der Waals surface area (Å²) in [5.41, 5.74) is 2.29. The Morgan fingerprint density at radius 3 is 2.79 bits per heavy atom. The smallest absolute Gasteiger partial charge is 0.240 e. The number of fused-ring (bicyclic) bond motifs is 1. The van der Waals surface area contributed by atoms with Crippen LogP contribution in [0.5, 0.6) is 5.75 Å². The maximum Gasteiger partial charge on any atom is 0.240 e. The van der Waals surface area contributed by atoms with Gasteiger partial charge in [0.2, 0.25) is 15.9 Å². The van der Waals surface area contributed by atoms with Gasteiger partial charge in [0.05, 0.1) is 11.5 Å². The minimum atomic E-state index is -3.69. The van der Waals surface area contributed by atoms with E-state index in [-0.39, 0.29) is 23.8 Å². The highest BCUT2D eigenvalue weighted by molar-refractivity contribution is 7.89. The fraction of sp³-hybridized carbons (Fsp3) is 0.350. The maximum atomic E-state index is 12.5. The summed E-state index contributed by atoms with van der Waals surface area (Å²) in [6, 6.07) is 12.0. The minimum absolute atomic E-state index is 0.0377. The van der Waals surface area contributed by atoms with Gasteiger partial charge in [0.1, 0.15) is 5.75 Å². The summed E-state index contributed by atoms with van der Waals surface area (Å²) >= 11 is 5.85. The first-order valence-electron chi connectivity index (χ1n) is 9.16. The molecule has 0 aromatic heterocycles. The number of halogens is 1. The van der Waals surface area contributed by atoms with E-state index in [2.05, 4.69) is 4.72 Å². The molecule has 1 heterocycles. The van der Waals surface area contributed by atoms with E-state index in [1.54, 1.807) is 17.0 Å². The predicted molar refractivity (Wildman–Crippen MR) is 108 cm³/mol. The molecular weight excluding hydrogens is 400 g/mol. The molecular formula is C20H23ClN2O4S. The zero-order valence-electron chi connectivity index (χ0n) is 15.7. The van der Waals surface area contributed by atoms with E-state index in [0.717, 1.165) is 17.7 Å². The summed E-state index contributed by atoms with van der Waals surface area (Å²) in [5, 5.41) is 0.345. The van der Waals surface area contributed by atoms with Gasteiger partial charge in [-0.3, -0.25) is 4.79 Å². The van der Waals surface area contributed by atoms with Crippen LogP contribution in [-0.2, 0) is 27.8 Å². The van der Waals surface area contributed by atoms with Crippen molar-refractivity contribution in [1.82, 2.24) is 9.62 Å². The standard InChI is InChI=1S/C20H23ClN2O4S/c1-2-27-18-7-6-15-9-11-23(14-16(15)12-18)20(24)8-10-22-28(25,26)19-5-3-4-17(21)13-19/h3-7,12-13,22H,2,8-11,14H2,1H3. The highest BCUT2D eigenvalue weighted by Gasteiger charge is 2.22. The first-order valence-corrected chi connectivity index (χ1v) is 11.0. The van der Waals surface area contributed by atoms with Crippen LogP contribution in [0.3, 0.4) is 0 Å². The number of ether oxygens (including phenoxy) is 1. The molecule has 1 N–H and O–H groups in total. The van der Waals surface area contributed by atoms with E-state index in [1.165, 1.54) is 17.7 Å². The van der Waals surface area contributed by atoms with Gasteiger partial charge >= 0.3 is 0 Å². The monoisotopic (exact) mass is 422 g/mol. The quantitative estimate of drug-likeness (QED) is 0.744. The van der Waals surface area contributed by atoms with Crippen molar-refractivity contribution in [2.75, 3.05) is 19.7 Å². The average molecular weight is 423 g/mol. The molecule has 1 aliphatic rings. The van der Waals surface area contributed by atoms with E-state index < -0.39 is 10.0 Å². The molecule has 28 heavy (non-hydrogen) atoms. The Bertz CT molecular complexity index is 962. The number of hydrogen-bond acceptors (Lipinski definition) is 4. The van der Waals surface area contributed by atoms with Crippen LogP contribution in [-0.4, -0.2) is 38.9 Å². The number of nitrogens with one attached hydrogen (secondary N) is 1. The second-order valence-electron chi connectivity index (χ2n) is 6.53. The molecule has 0 aliphatic carbocycles. The van der Waals surface area contributed by atoms with Gasteiger partial charge in [0, 0.05) is 31.1 Å². The molecule has 0 saturated carbocycles. The fourth-order valence-corrected chi connectivity index (χ4v) is 4.50. The summed E-state index contributed by atoms with van der Waals surface area (Å²) in [6.45, 7) is 3.70. The molecule has 2 aromatic rings. The van der Waals surface area contributed by atoms with Gasteiger partial charge in [-0.15, -0.1) is 0 Å². The first-order chi connectivity index (χ1) is 13.4. The number of benzene rings is 2. The van der Waals surface area contributed by atoms with Crippen molar-refractivity contribution in [3.63, 3.8) is 0 Å². The molecule has 6 nitrogen and oxygen atoms in total. The van der Waals surface area contributed by atoms with E-state index >= 15 is 0 Å². The SMILES string of the molecule is CCOc1ccc2c(c1)CN(C(=O)CCNS(=O)(=O)c1cccc(Cl)c1)CC2. The molecule has 8 heteroatoms. The second kappa shape index (κ2) is 8.94. The van der Waals surface area contributed by atoms with Gasteiger partial charge in [0.25, 0.3) is 0 Å². The van der Waals surface area contributed by atoms with Crippen LogP contribution in [0.4, 0.5) is 0 Å². The minimum Gasteiger partial charge on any atom is -0.494 e. The van der Waals surface area contributed by atoms with E-state index in [4.69, 9.17) is 16.3 Å². The Hall–Kier alpha value is -2.09. The molecule has 0 radical (unpaired) electrons. The highest BCUT2D eigenvalue weighted by atomic mass is 35.5. The lowest BCUT2D eigenvalue weighted by Gasteiger charge is -2.29. The van der Waals surface area contributed by atoms with Gasteiger partial charge in [-0.25, -0.2) is 13.1 Å². The van der Waals surface area contributed by atoms with Gasteiger partial charge in [0.15, 0.2) is 0 Å².